The van der Waals surface area contributed by atoms with E-state index in [1.165, 1.54) is 13.0 Å². The van der Waals surface area contributed by atoms with Crippen LogP contribution in [-0.4, -0.2) is 5.71 Å². The van der Waals surface area contributed by atoms with Gasteiger partial charge in [0.25, 0.3) is 0 Å². The molecule has 0 aromatic heterocycles. The number of rotatable bonds is 3. The number of nitrogens with one attached hydrogen (secondary N) is 1. The molecule has 0 bridgehead atoms. The highest BCUT2D eigenvalue weighted by Gasteiger charge is 2.17. The normalized spacial score (nSPS) is 14.0. The van der Waals surface area contributed by atoms with Gasteiger partial charge in [0.05, 0.1) is 0 Å². The van der Waals surface area contributed by atoms with E-state index in [4.69, 9.17) is 22.3 Å². The minimum atomic E-state index is -1.77. The van der Waals surface area contributed by atoms with Gasteiger partial charge in [-0.25, -0.2) is 13.2 Å². The molecule has 14 heavy (non-hydrogen) atoms. The first-order valence-corrected chi connectivity index (χ1v) is 3.92. The van der Waals surface area contributed by atoms with Crippen LogP contribution in [0.5, 0.6) is 0 Å². The molecular formula is C8H6ClF3N2. The molecule has 0 atom stereocenters. The molecule has 0 aliphatic heterocycles. The maximum atomic E-state index is 12.8. The van der Waals surface area contributed by atoms with Gasteiger partial charge in [0.2, 0.25) is 0 Å². The third-order valence-corrected chi connectivity index (χ3v) is 1.62. The smallest absolute Gasteiger partial charge is 0.191 e. The Morgan fingerprint density at radius 1 is 1.36 bits per heavy atom. The fraction of sp³-hybridized carbons (Fsp3) is 0.250. The van der Waals surface area contributed by atoms with E-state index in [9.17, 15) is 13.2 Å². The van der Waals surface area contributed by atoms with Crippen molar-refractivity contribution in [3.05, 3.63) is 22.5 Å². The number of hydrogen-bond acceptors (Lipinski definition) is 2. The minimum Gasteiger partial charge on any atom is -0.289 e. The second-order valence-corrected chi connectivity index (χ2v) is 2.57. The molecule has 0 aromatic rings. The molecular weight excluding hydrogens is 217 g/mol. The van der Waals surface area contributed by atoms with Crippen molar-refractivity contribution < 1.29 is 13.2 Å². The standard InChI is InChI=1S/C8H6ClF3N2/c1-2-4(10)7(11)8(12)6(9)5(14)3-13/h14H,2H2,1H3/b7-4-,8-6-,14-5?. The van der Waals surface area contributed by atoms with Crippen molar-refractivity contribution in [2.75, 3.05) is 0 Å². The summed E-state index contributed by atoms with van der Waals surface area (Å²) in [7, 11) is 0. The molecule has 0 saturated carbocycles. The summed E-state index contributed by atoms with van der Waals surface area (Å²) in [5, 5.41) is 13.9. The molecule has 0 rings (SSSR count). The molecule has 0 aromatic carbocycles. The van der Waals surface area contributed by atoms with E-state index in [-0.39, 0.29) is 6.42 Å². The third-order valence-electron chi connectivity index (χ3n) is 1.27. The van der Waals surface area contributed by atoms with Crippen LogP contribution in [0.15, 0.2) is 22.5 Å². The Balaban J connectivity index is 5.24. The molecule has 0 heterocycles. The molecule has 0 amide bonds. The Kier molecular flexibility index (Phi) is 4.95. The zero-order valence-electron chi connectivity index (χ0n) is 7.17. The lowest BCUT2D eigenvalue weighted by Gasteiger charge is -1.98. The van der Waals surface area contributed by atoms with Crippen molar-refractivity contribution in [3.8, 4) is 6.07 Å². The van der Waals surface area contributed by atoms with E-state index >= 15 is 0 Å². The van der Waals surface area contributed by atoms with Crippen molar-refractivity contribution >= 4 is 17.3 Å². The van der Waals surface area contributed by atoms with Crippen LogP contribution in [-0.2, 0) is 0 Å². The molecule has 0 aliphatic rings. The summed E-state index contributed by atoms with van der Waals surface area (Å²) in [4.78, 5) is 0. The van der Waals surface area contributed by atoms with E-state index < -0.39 is 28.2 Å². The highest BCUT2D eigenvalue weighted by Crippen LogP contribution is 2.26. The zero-order chi connectivity index (χ0) is 11.3. The first-order chi connectivity index (χ1) is 6.45. The van der Waals surface area contributed by atoms with Gasteiger partial charge in [-0.15, -0.1) is 0 Å². The Labute approximate surface area is 83.8 Å². The van der Waals surface area contributed by atoms with Crippen molar-refractivity contribution in [1.82, 2.24) is 0 Å². The molecule has 6 heteroatoms. The Bertz CT molecular complexity index is 352. The highest BCUT2D eigenvalue weighted by atomic mass is 35.5. The van der Waals surface area contributed by atoms with Crippen LogP contribution in [0, 0.1) is 16.7 Å². The average Bonchev–Trinajstić information content (AvgIpc) is 2.23. The maximum Gasteiger partial charge on any atom is 0.191 e. The van der Waals surface area contributed by atoms with Gasteiger partial charge in [-0.05, 0) is 6.42 Å². The molecule has 76 valence electrons. The topological polar surface area (TPSA) is 47.6 Å². The van der Waals surface area contributed by atoms with E-state index in [1.807, 2.05) is 0 Å². The Morgan fingerprint density at radius 2 is 1.86 bits per heavy atom. The number of nitrogens with zero attached hydrogens (tertiary/aromatic N) is 1. The van der Waals surface area contributed by atoms with Crippen LogP contribution in [0.3, 0.4) is 0 Å². The van der Waals surface area contributed by atoms with Gasteiger partial charge in [0, 0.05) is 0 Å². The Hall–Kier alpha value is -1.28. The fourth-order valence-electron chi connectivity index (χ4n) is 0.529. The molecule has 1 N–H and O–H groups in total. The lowest BCUT2D eigenvalue weighted by Crippen LogP contribution is -1.95. The predicted octanol–water partition coefficient (Wildman–Crippen LogP) is 3.51. The molecule has 0 unspecified atom stereocenters. The van der Waals surface area contributed by atoms with E-state index in [0.29, 0.717) is 0 Å². The monoisotopic (exact) mass is 222 g/mol. The lowest BCUT2D eigenvalue weighted by molar-refractivity contribution is 0.481. The van der Waals surface area contributed by atoms with Gasteiger partial charge < -0.3 is 0 Å². The van der Waals surface area contributed by atoms with Crippen LogP contribution in [0.25, 0.3) is 0 Å². The molecule has 0 radical (unpaired) electrons. The van der Waals surface area contributed by atoms with Crippen molar-refractivity contribution in [2.45, 2.75) is 13.3 Å². The summed E-state index contributed by atoms with van der Waals surface area (Å²) < 4.78 is 38.1. The van der Waals surface area contributed by atoms with Crippen LogP contribution in [0.1, 0.15) is 13.3 Å². The van der Waals surface area contributed by atoms with Crippen molar-refractivity contribution in [3.63, 3.8) is 0 Å². The summed E-state index contributed by atoms with van der Waals surface area (Å²) in [5.74, 6) is -4.80. The zero-order valence-corrected chi connectivity index (χ0v) is 7.92. The molecule has 0 aliphatic carbocycles. The van der Waals surface area contributed by atoms with E-state index in [1.54, 1.807) is 0 Å². The van der Waals surface area contributed by atoms with Gasteiger partial charge in [-0.1, -0.05) is 18.5 Å². The Morgan fingerprint density at radius 3 is 2.21 bits per heavy atom. The van der Waals surface area contributed by atoms with Crippen LogP contribution in [0.2, 0.25) is 0 Å². The molecule has 2 nitrogen and oxygen atoms in total. The predicted molar refractivity (Wildman–Crippen MR) is 46.9 cm³/mol. The number of halogens is 4. The molecule has 0 fully saturated rings. The maximum absolute atomic E-state index is 12.8. The van der Waals surface area contributed by atoms with Gasteiger partial charge in [0.1, 0.15) is 16.9 Å². The second kappa shape index (κ2) is 5.45. The van der Waals surface area contributed by atoms with Gasteiger partial charge >= 0.3 is 0 Å². The first-order valence-electron chi connectivity index (χ1n) is 3.54. The van der Waals surface area contributed by atoms with Crippen LogP contribution >= 0.6 is 11.6 Å². The summed E-state index contributed by atoms with van der Waals surface area (Å²) in [6, 6.07) is 1.20. The molecule has 0 spiro atoms. The largest absolute Gasteiger partial charge is 0.289 e. The third kappa shape index (κ3) is 2.89. The summed E-state index contributed by atoms with van der Waals surface area (Å²) in [6.45, 7) is 1.28. The number of nitriles is 1. The number of allylic oxidation sites excluding steroid dienone is 4. The van der Waals surface area contributed by atoms with Crippen molar-refractivity contribution in [2.24, 2.45) is 0 Å². The SMILES string of the molecule is CC/C(F)=C(F)\C(F)=C(\Cl)C(=N)C#N. The average molecular weight is 223 g/mol. The van der Waals surface area contributed by atoms with Crippen molar-refractivity contribution in [1.29, 1.82) is 10.7 Å². The summed E-state index contributed by atoms with van der Waals surface area (Å²) in [5.41, 5.74) is -0.955. The molecule has 0 saturated heterocycles. The lowest BCUT2D eigenvalue weighted by atomic mass is 10.3. The summed E-state index contributed by atoms with van der Waals surface area (Å²) >= 11 is 5.09. The first kappa shape index (κ1) is 12.7. The summed E-state index contributed by atoms with van der Waals surface area (Å²) in [6.07, 6.45) is -0.330. The van der Waals surface area contributed by atoms with E-state index in [0.717, 1.165) is 0 Å². The highest BCUT2D eigenvalue weighted by molar-refractivity contribution is 6.46. The minimum absolute atomic E-state index is 0.330. The van der Waals surface area contributed by atoms with Crippen LogP contribution < -0.4 is 0 Å². The quantitative estimate of drug-likeness (QED) is 0.576. The second-order valence-electron chi connectivity index (χ2n) is 2.19. The van der Waals surface area contributed by atoms with Gasteiger partial charge in [-0.3, -0.25) is 5.41 Å². The van der Waals surface area contributed by atoms with E-state index in [2.05, 4.69) is 0 Å². The number of hydrogen-bond donors (Lipinski definition) is 1. The fourth-order valence-corrected chi connectivity index (χ4v) is 0.655. The van der Waals surface area contributed by atoms with Crippen LogP contribution in [0.4, 0.5) is 13.2 Å². The van der Waals surface area contributed by atoms with Gasteiger partial charge in [-0.2, -0.15) is 5.26 Å². The van der Waals surface area contributed by atoms with Gasteiger partial charge in [0.15, 0.2) is 17.4 Å².